The van der Waals surface area contributed by atoms with Crippen LogP contribution in [0.15, 0.2) is 42.6 Å². The lowest BCUT2D eigenvalue weighted by atomic mass is 10.1. The molecule has 0 fully saturated rings. The molecule has 1 N–H and O–H groups in total. The van der Waals surface area contributed by atoms with Gasteiger partial charge in [0.05, 0.1) is 16.9 Å². The van der Waals surface area contributed by atoms with Gasteiger partial charge in [-0.3, -0.25) is 14.5 Å². The van der Waals surface area contributed by atoms with E-state index in [1.165, 1.54) is 4.90 Å². The zero-order valence-corrected chi connectivity index (χ0v) is 19.4. The number of fused-ring (bicyclic) bond motifs is 1. The second-order valence-electron chi connectivity index (χ2n) is 8.78. The average Bonchev–Trinajstić information content (AvgIpc) is 3.05. The number of imide groups is 1. The summed E-state index contributed by atoms with van der Waals surface area (Å²) in [6, 6.07) is 11.0. The lowest BCUT2D eigenvalue weighted by Crippen LogP contribution is -2.42. The number of nitrogens with one attached hydrogen (secondary N) is 1. The highest BCUT2D eigenvalue weighted by Gasteiger charge is 2.28. The summed E-state index contributed by atoms with van der Waals surface area (Å²) in [4.78, 5) is 31.5. The number of hydrogen-bond acceptors (Lipinski definition) is 6. The standard InChI is InChI=1S/C24H31N5O3/c1-17-14-20(28(5)27-17)16-25-11-7-13-29(23(31)32-24(2,3)4)22(30)19-9-10-21-18(15-19)8-6-12-26-21/h6,8-10,12,14-15,25H,7,11,13,16H2,1-5H3. The first-order valence-corrected chi connectivity index (χ1v) is 10.7. The zero-order chi connectivity index (χ0) is 23.3. The van der Waals surface area contributed by atoms with Gasteiger partial charge in [0.1, 0.15) is 5.60 Å². The van der Waals surface area contributed by atoms with Crippen molar-refractivity contribution in [2.24, 2.45) is 7.05 Å². The monoisotopic (exact) mass is 437 g/mol. The third-order valence-electron chi connectivity index (χ3n) is 4.85. The van der Waals surface area contributed by atoms with E-state index in [2.05, 4.69) is 15.4 Å². The second-order valence-corrected chi connectivity index (χ2v) is 8.78. The summed E-state index contributed by atoms with van der Waals surface area (Å²) in [5.74, 6) is -0.382. The summed E-state index contributed by atoms with van der Waals surface area (Å²) >= 11 is 0. The summed E-state index contributed by atoms with van der Waals surface area (Å²) in [6.45, 7) is 8.85. The molecule has 0 atom stereocenters. The Kier molecular flexibility index (Phi) is 7.25. The van der Waals surface area contributed by atoms with Crippen molar-refractivity contribution in [3.05, 3.63) is 59.5 Å². The van der Waals surface area contributed by atoms with Crippen LogP contribution in [0.2, 0.25) is 0 Å². The predicted molar refractivity (Wildman–Crippen MR) is 123 cm³/mol. The molecule has 0 aliphatic rings. The zero-order valence-electron chi connectivity index (χ0n) is 19.4. The van der Waals surface area contributed by atoms with Crippen LogP contribution in [0.1, 0.15) is 48.9 Å². The fraction of sp³-hybridized carbons (Fsp3) is 0.417. The molecular formula is C24H31N5O3. The molecule has 0 saturated carbocycles. The van der Waals surface area contributed by atoms with E-state index in [9.17, 15) is 9.59 Å². The number of benzene rings is 1. The van der Waals surface area contributed by atoms with Crippen LogP contribution in [0.4, 0.5) is 4.79 Å². The van der Waals surface area contributed by atoms with Gasteiger partial charge in [-0.05, 0) is 71.0 Å². The lowest BCUT2D eigenvalue weighted by Gasteiger charge is -2.26. The molecule has 0 unspecified atom stereocenters. The molecule has 32 heavy (non-hydrogen) atoms. The average molecular weight is 438 g/mol. The number of amides is 2. The molecule has 0 saturated heterocycles. The maximum atomic E-state index is 13.2. The normalized spacial score (nSPS) is 11.5. The molecule has 0 radical (unpaired) electrons. The van der Waals surface area contributed by atoms with Crippen LogP contribution in [-0.2, 0) is 18.3 Å². The first-order valence-electron chi connectivity index (χ1n) is 10.7. The number of rotatable bonds is 7. The Morgan fingerprint density at radius 2 is 1.97 bits per heavy atom. The van der Waals surface area contributed by atoms with E-state index in [0.717, 1.165) is 22.3 Å². The minimum absolute atomic E-state index is 0.246. The third-order valence-corrected chi connectivity index (χ3v) is 4.85. The molecule has 0 aliphatic heterocycles. The Labute approximate surface area is 188 Å². The summed E-state index contributed by atoms with van der Waals surface area (Å²) in [5, 5.41) is 8.52. The Morgan fingerprint density at radius 3 is 2.66 bits per heavy atom. The van der Waals surface area contributed by atoms with Gasteiger partial charge < -0.3 is 10.1 Å². The Hall–Kier alpha value is -3.26. The van der Waals surface area contributed by atoms with Gasteiger partial charge in [0.15, 0.2) is 0 Å². The molecule has 0 aliphatic carbocycles. The van der Waals surface area contributed by atoms with E-state index in [4.69, 9.17) is 4.74 Å². The van der Waals surface area contributed by atoms with Crippen LogP contribution in [-0.4, -0.2) is 50.4 Å². The highest BCUT2D eigenvalue weighted by molar-refractivity contribution is 6.04. The lowest BCUT2D eigenvalue weighted by molar-refractivity contribution is 0.0240. The van der Waals surface area contributed by atoms with E-state index < -0.39 is 11.7 Å². The molecular weight excluding hydrogens is 406 g/mol. The van der Waals surface area contributed by atoms with Crippen molar-refractivity contribution in [1.82, 2.24) is 25.0 Å². The van der Waals surface area contributed by atoms with Crippen LogP contribution in [0.25, 0.3) is 10.9 Å². The van der Waals surface area contributed by atoms with Crippen molar-refractivity contribution in [2.75, 3.05) is 13.1 Å². The number of carbonyl (C=O) groups is 2. The minimum atomic E-state index is -0.696. The van der Waals surface area contributed by atoms with Crippen molar-refractivity contribution >= 4 is 22.9 Å². The summed E-state index contributed by atoms with van der Waals surface area (Å²) in [6.07, 6.45) is 1.66. The smallest absolute Gasteiger partial charge is 0.417 e. The molecule has 2 amide bonds. The molecule has 170 valence electrons. The van der Waals surface area contributed by atoms with Crippen molar-refractivity contribution in [3.8, 4) is 0 Å². The van der Waals surface area contributed by atoms with E-state index in [-0.39, 0.29) is 12.5 Å². The summed E-state index contributed by atoms with van der Waals surface area (Å²) < 4.78 is 7.34. The van der Waals surface area contributed by atoms with Gasteiger partial charge in [0.2, 0.25) is 0 Å². The van der Waals surface area contributed by atoms with Gasteiger partial charge in [-0.1, -0.05) is 6.07 Å². The Bertz CT molecular complexity index is 1100. The van der Waals surface area contributed by atoms with Gasteiger partial charge in [-0.25, -0.2) is 9.69 Å². The van der Waals surface area contributed by atoms with Crippen molar-refractivity contribution < 1.29 is 14.3 Å². The minimum Gasteiger partial charge on any atom is -0.443 e. The Morgan fingerprint density at radius 1 is 1.19 bits per heavy atom. The van der Waals surface area contributed by atoms with Crippen LogP contribution < -0.4 is 5.32 Å². The maximum absolute atomic E-state index is 13.2. The number of ether oxygens (including phenoxy) is 1. The first kappa shape index (κ1) is 23.4. The number of hydrogen-bond donors (Lipinski definition) is 1. The molecule has 3 rings (SSSR count). The molecule has 2 aromatic heterocycles. The molecule has 8 nitrogen and oxygen atoms in total. The van der Waals surface area contributed by atoms with Gasteiger partial charge >= 0.3 is 6.09 Å². The van der Waals surface area contributed by atoms with E-state index >= 15 is 0 Å². The van der Waals surface area contributed by atoms with Crippen molar-refractivity contribution in [2.45, 2.75) is 46.3 Å². The maximum Gasteiger partial charge on any atom is 0.417 e. The van der Waals surface area contributed by atoms with Gasteiger partial charge in [0.25, 0.3) is 5.91 Å². The van der Waals surface area contributed by atoms with Gasteiger partial charge in [0, 0.05) is 37.3 Å². The number of carbonyl (C=O) groups excluding carboxylic acids is 2. The third kappa shape index (κ3) is 6.13. The van der Waals surface area contributed by atoms with Crippen LogP contribution in [0, 0.1) is 6.92 Å². The molecule has 8 heteroatoms. The van der Waals surface area contributed by atoms with Gasteiger partial charge in [-0.15, -0.1) is 0 Å². The van der Waals surface area contributed by atoms with E-state index in [0.29, 0.717) is 25.1 Å². The SMILES string of the molecule is Cc1cc(CNCCCN(C(=O)OC(C)(C)C)C(=O)c2ccc3ncccc3c2)n(C)n1. The molecule has 0 spiro atoms. The fourth-order valence-electron chi connectivity index (χ4n) is 3.37. The van der Waals surface area contributed by atoms with E-state index in [1.54, 1.807) is 45.2 Å². The highest BCUT2D eigenvalue weighted by Crippen LogP contribution is 2.17. The van der Waals surface area contributed by atoms with Crippen molar-refractivity contribution in [1.29, 1.82) is 0 Å². The predicted octanol–water partition coefficient (Wildman–Crippen LogP) is 3.83. The molecule has 0 bridgehead atoms. The van der Waals surface area contributed by atoms with Gasteiger partial charge in [-0.2, -0.15) is 5.10 Å². The van der Waals surface area contributed by atoms with Crippen LogP contribution in [0.3, 0.4) is 0 Å². The number of aryl methyl sites for hydroxylation is 2. The quantitative estimate of drug-likeness (QED) is 0.565. The van der Waals surface area contributed by atoms with Crippen LogP contribution >= 0.6 is 0 Å². The topological polar surface area (TPSA) is 89.4 Å². The molecule has 2 heterocycles. The second kappa shape index (κ2) is 9.91. The number of pyridine rings is 1. The largest absolute Gasteiger partial charge is 0.443 e. The number of aromatic nitrogens is 3. The first-order chi connectivity index (χ1) is 15.1. The molecule has 3 aromatic rings. The fourth-order valence-corrected chi connectivity index (χ4v) is 3.37. The van der Waals surface area contributed by atoms with Crippen molar-refractivity contribution in [3.63, 3.8) is 0 Å². The highest BCUT2D eigenvalue weighted by atomic mass is 16.6. The summed E-state index contributed by atoms with van der Waals surface area (Å²) in [5.41, 5.74) is 2.57. The van der Waals surface area contributed by atoms with Crippen LogP contribution in [0.5, 0.6) is 0 Å². The summed E-state index contributed by atoms with van der Waals surface area (Å²) in [7, 11) is 1.91. The van der Waals surface area contributed by atoms with E-state index in [1.807, 2.05) is 36.9 Å². The Balaban J connectivity index is 1.67. The number of nitrogens with zero attached hydrogens (tertiary/aromatic N) is 4. The molecule has 1 aromatic carbocycles.